The summed E-state index contributed by atoms with van der Waals surface area (Å²) >= 11 is 0. The smallest absolute Gasteiger partial charge is 0.228 e. The van der Waals surface area contributed by atoms with E-state index in [-0.39, 0.29) is 0 Å². The summed E-state index contributed by atoms with van der Waals surface area (Å²) < 4.78 is 0. The monoisotopic (exact) mass is 137 g/mol. The average Bonchev–Trinajstić information content (AvgIpc) is 2.05. The van der Waals surface area contributed by atoms with Crippen LogP contribution in [0.2, 0.25) is 0 Å². The Kier molecular flexibility index (Phi) is 2.15. The van der Waals surface area contributed by atoms with E-state index >= 15 is 0 Å². The van der Waals surface area contributed by atoms with Gasteiger partial charge >= 0.3 is 0 Å². The maximum Gasteiger partial charge on any atom is 0.228 e. The summed E-state index contributed by atoms with van der Waals surface area (Å²) in [5, 5.41) is 0. The minimum atomic E-state index is 0.664. The summed E-state index contributed by atoms with van der Waals surface area (Å²) in [5.74, 6) is 0.664. The molecule has 0 saturated carbocycles. The van der Waals surface area contributed by atoms with Crippen molar-refractivity contribution < 1.29 is 0 Å². The van der Waals surface area contributed by atoms with Crippen LogP contribution in [0.5, 0.6) is 0 Å². The number of hydrogen-bond donors (Lipinski definition) is 0. The van der Waals surface area contributed by atoms with Crippen LogP contribution in [-0.2, 0) is 0 Å². The van der Waals surface area contributed by atoms with Crippen LogP contribution in [-0.4, -0.2) is 28.5 Å². The quantitative estimate of drug-likeness (QED) is 0.581. The van der Waals surface area contributed by atoms with Crippen LogP contribution in [0.15, 0.2) is 6.33 Å². The molecule has 0 bridgehead atoms. The van der Waals surface area contributed by atoms with Crippen molar-refractivity contribution in [1.82, 2.24) is 15.0 Å². The molecule has 4 nitrogen and oxygen atoms in total. The number of nitrogens with zero attached hydrogens (tertiary/aromatic N) is 4. The van der Waals surface area contributed by atoms with Crippen LogP contribution in [0.3, 0.4) is 0 Å². The van der Waals surface area contributed by atoms with Crippen LogP contribution in [0.4, 0.5) is 5.95 Å². The van der Waals surface area contributed by atoms with Gasteiger partial charge in [-0.25, -0.2) is 9.97 Å². The predicted octanol–water partition coefficient (Wildman–Crippen LogP) is 0.128. The standard InChI is InChI=1S/C6H9N4/c1-3-10(2)6-8-4-7-5-9-6/h4H,3H2,1-2H3. The maximum atomic E-state index is 3.92. The fourth-order valence-corrected chi connectivity index (χ4v) is 0.534. The van der Waals surface area contributed by atoms with E-state index in [1.54, 1.807) is 0 Å². The summed E-state index contributed by atoms with van der Waals surface area (Å²) in [5.41, 5.74) is 0. The van der Waals surface area contributed by atoms with E-state index in [1.807, 2.05) is 18.9 Å². The van der Waals surface area contributed by atoms with Crippen molar-refractivity contribution in [2.75, 3.05) is 18.5 Å². The lowest BCUT2D eigenvalue weighted by Crippen LogP contribution is -2.18. The van der Waals surface area contributed by atoms with Crippen LogP contribution in [0, 0.1) is 6.33 Å². The van der Waals surface area contributed by atoms with Crippen molar-refractivity contribution in [2.24, 2.45) is 0 Å². The lowest BCUT2D eigenvalue weighted by atomic mass is 10.6. The summed E-state index contributed by atoms with van der Waals surface area (Å²) in [6, 6.07) is 0. The van der Waals surface area contributed by atoms with Gasteiger partial charge in [0.15, 0.2) is 0 Å². The number of anilines is 1. The molecule has 1 aromatic rings. The van der Waals surface area contributed by atoms with Gasteiger partial charge in [-0.1, -0.05) is 0 Å². The zero-order valence-corrected chi connectivity index (χ0v) is 6.07. The van der Waals surface area contributed by atoms with Gasteiger partial charge in [0, 0.05) is 13.6 Å². The van der Waals surface area contributed by atoms with E-state index in [9.17, 15) is 0 Å². The molecule has 1 aromatic heterocycles. The molecule has 0 amide bonds. The molecular formula is C6H9N4. The van der Waals surface area contributed by atoms with Crippen LogP contribution in [0.25, 0.3) is 0 Å². The van der Waals surface area contributed by atoms with Gasteiger partial charge in [-0.3, -0.25) is 0 Å². The van der Waals surface area contributed by atoms with Gasteiger partial charge in [0.1, 0.15) is 6.33 Å². The highest BCUT2D eigenvalue weighted by atomic mass is 15.2. The van der Waals surface area contributed by atoms with Crippen molar-refractivity contribution in [3.8, 4) is 0 Å². The van der Waals surface area contributed by atoms with E-state index in [1.165, 1.54) is 6.33 Å². The Labute approximate surface area is 59.9 Å². The molecule has 1 heterocycles. The first-order valence-electron chi connectivity index (χ1n) is 3.10. The molecular weight excluding hydrogens is 128 g/mol. The highest BCUT2D eigenvalue weighted by Crippen LogP contribution is 1.97. The first kappa shape index (κ1) is 6.92. The van der Waals surface area contributed by atoms with Gasteiger partial charge in [-0.05, 0) is 6.92 Å². The van der Waals surface area contributed by atoms with Crippen LogP contribution in [0.1, 0.15) is 6.92 Å². The Bertz CT molecular complexity index is 186. The van der Waals surface area contributed by atoms with Gasteiger partial charge < -0.3 is 4.90 Å². The van der Waals surface area contributed by atoms with Gasteiger partial charge in [0.05, 0.1) is 0 Å². The third-order valence-corrected chi connectivity index (χ3v) is 1.25. The molecule has 1 radical (unpaired) electrons. The molecule has 53 valence electrons. The van der Waals surface area contributed by atoms with E-state index in [2.05, 4.69) is 21.3 Å². The lowest BCUT2D eigenvalue weighted by molar-refractivity contribution is 0.878. The summed E-state index contributed by atoms with van der Waals surface area (Å²) in [7, 11) is 1.92. The van der Waals surface area contributed by atoms with E-state index in [0.717, 1.165) is 6.54 Å². The summed E-state index contributed by atoms with van der Waals surface area (Å²) in [6.45, 7) is 2.92. The molecule has 0 aliphatic heterocycles. The number of aromatic nitrogens is 3. The Morgan fingerprint density at radius 1 is 1.70 bits per heavy atom. The van der Waals surface area contributed by atoms with E-state index < -0.39 is 0 Å². The Hall–Kier alpha value is -1.19. The Balaban J connectivity index is 2.75. The molecule has 10 heavy (non-hydrogen) atoms. The average molecular weight is 137 g/mol. The number of hydrogen-bond acceptors (Lipinski definition) is 4. The van der Waals surface area contributed by atoms with Gasteiger partial charge in [-0.15, -0.1) is 0 Å². The largest absolute Gasteiger partial charge is 0.344 e. The fraction of sp³-hybridized carbons (Fsp3) is 0.500. The second kappa shape index (κ2) is 3.10. The number of rotatable bonds is 2. The topological polar surface area (TPSA) is 41.9 Å². The molecule has 1 rings (SSSR count). The van der Waals surface area contributed by atoms with Crippen molar-refractivity contribution in [3.63, 3.8) is 0 Å². The first-order chi connectivity index (χ1) is 4.84. The third-order valence-electron chi connectivity index (χ3n) is 1.25. The summed E-state index contributed by atoms with van der Waals surface area (Å²) in [6.07, 6.45) is 3.91. The SMILES string of the molecule is CCN(C)c1n[c]ncn1. The van der Waals surface area contributed by atoms with Crippen molar-refractivity contribution in [3.05, 3.63) is 12.7 Å². The first-order valence-corrected chi connectivity index (χ1v) is 3.10. The van der Waals surface area contributed by atoms with Gasteiger partial charge in [0.25, 0.3) is 0 Å². The van der Waals surface area contributed by atoms with Crippen molar-refractivity contribution in [1.29, 1.82) is 0 Å². The van der Waals surface area contributed by atoms with Crippen molar-refractivity contribution >= 4 is 5.95 Å². The van der Waals surface area contributed by atoms with Crippen molar-refractivity contribution in [2.45, 2.75) is 6.92 Å². The normalized spacial score (nSPS) is 9.40. The highest BCUT2D eigenvalue weighted by Gasteiger charge is 1.97. The van der Waals surface area contributed by atoms with Crippen LogP contribution < -0.4 is 4.90 Å². The second-order valence-electron chi connectivity index (χ2n) is 1.90. The molecule has 0 aliphatic carbocycles. The Morgan fingerprint density at radius 3 is 3.00 bits per heavy atom. The maximum absolute atomic E-state index is 3.92. The molecule has 0 unspecified atom stereocenters. The van der Waals surface area contributed by atoms with E-state index in [4.69, 9.17) is 0 Å². The van der Waals surface area contributed by atoms with Gasteiger partial charge in [-0.2, -0.15) is 4.98 Å². The lowest BCUT2D eigenvalue weighted by Gasteiger charge is -2.11. The minimum Gasteiger partial charge on any atom is -0.344 e. The molecule has 0 N–H and O–H groups in total. The molecule has 4 heteroatoms. The summed E-state index contributed by atoms with van der Waals surface area (Å²) in [4.78, 5) is 13.3. The highest BCUT2D eigenvalue weighted by molar-refractivity contribution is 5.24. The molecule has 0 aliphatic rings. The predicted molar refractivity (Wildman–Crippen MR) is 37.6 cm³/mol. The molecule has 0 atom stereocenters. The zero-order chi connectivity index (χ0) is 7.40. The van der Waals surface area contributed by atoms with E-state index in [0.29, 0.717) is 5.95 Å². The third kappa shape index (κ3) is 1.40. The fourth-order valence-electron chi connectivity index (χ4n) is 0.534. The Morgan fingerprint density at radius 2 is 2.50 bits per heavy atom. The molecule has 0 spiro atoms. The zero-order valence-electron chi connectivity index (χ0n) is 6.07. The molecule has 0 saturated heterocycles. The minimum absolute atomic E-state index is 0.664. The second-order valence-corrected chi connectivity index (χ2v) is 1.90. The van der Waals surface area contributed by atoms with Crippen LogP contribution >= 0.6 is 0 Å². The molecule has 0 aromatic carbocycles. The molecule has 0 fully saturated rings. The van der Waals surface area contributed by atoms with Gasteiger partial charge in [0.2, 0.25) is 12.3 Å².